The molecule has 1 aliphatic rings. The van der Waals surface area contributed by atoms with E-state index < -0.39 is 0 Å². The van der Waals surface area contributed by atoms with Crippen molar-refractivity contribution in [2.75, 3.05) is 0 Å². The first-order valence-corrected chi connectivity index (χ1v) is 5.26. The molecule has 0 radical (unpaired) electrons. The van der Waals surface area contributed by atoms with E-state index in [0.29, 0.717) is 5.92 Å². The van der Waals surface area contributed by atoms with Crippen LogP contribution in [0.5, 0.6) is 0 Å². The van der Waals surface area contributed by atoms with Crippen LogP contribution in [-0.2, 0) is 0 Å². The van der Waals surface area contributed by atoms with Gasteiger partial charge in [-0.1, -0.05) is 54.1 Å². The average Bonchev–Trinajstić information content (AvgIpc) is 2.72. The Labute approximate surface area is 86.0 Å². The van der Waals surface area contributed by atoms with Crippen molar-refractivity contribution < 1.29 is 0 Å². The highest BCUT2D eigenvalue weighted by atomic mass is 14.1. The third kappa shape index (κ3) is 2.14. The molecule has 0 spiro atoms. The zero-order valence-corrected chi connectivity index (χ0v) is 8.61. The molecule has 0 saturated heterocycles. The highest BCUT2D eigenvalue weighted by Crippen LogP contribution is 2.25. The van der Waals surface area contributed by atoms with Crippen molar-refractivity contribution in [3.8, 4) is 0 Å². The molecule has 0 fully saturated rings. The van der Waals surface area contributed by atoms with Crippen LogP contribution in [0.1, 0.15) is 25.3 Å². The number of rotatable bonds is 2. The summed E-state index contributed by atoms with van der Waals surface area (Å²) in [6, 6.07) is 10.5. The predicted octanol–water partition coefficient (Wildman–Crippen LogP) is 4.06. The van der Waals surface area contributed by atoms with Crippen LogP contribution in [0.15, 0.2) is 48.1 Å². The van der Waals surface area contributed by atoms with Crippen LogP contribution in [0, 0.1) is 5.92 Å². The van der Waals surface area contributed by atoms with Gasteiger partial charge in [0, 0.05) is 0 Å². The van der Waals surface area contributed by atoms with Gasteiger partial charge in [-0.05, 0) is 31.2 Å². The van der Waals surface area contributed by atoms with Crippen LogP contribution in [0.3, 0.4) is 0 Å². The molecule has 0 amide bonds. The lowest BCUT2D eigenvalue weighted by molar-refractivity contribution is 0.733. The molecule has 2 rings (SSSR count). The van der Waals surface area contributed by atoms with E-state index in [-0.39, 0.29) is 0 Å². The van der Waals surface area contributed by atoms with Crippen LogP contribution in [-0.4, -0.2) is 0 Å². The molecule has 0 heterocycles. The molecule has 1 unspecified atom stereocenters. The first-order valence-electron chi connectivity index (χ1n) is 5.26. The van der Waals surface area contributed by atoms with E-state index in [0.717, 1.165) is 0 Å². The van der Waals surface area contributed by atoms with Crippen molar-refractivity contribution >= 4 is 6.08 Å². The largest absolute Gasteiger partial charge is 0.0879 e. The van der Waals surface area contributed by atoms with Gasteiger partial charge in [-0.15, -0.1) is 0 Å². The molecule has 1 aliphatic carbocycles. The quantitative estimate of drug-likeness (QED) is 0.608. The van der Waals surface area contributed by atoms with Gasteiger partial charge in [0.1, 0.15) is 0 Å². The minimum absolute atomic E-state index is 0.676. The maximum absolute atomic E-state index is 2.33. The van der Waals surface area contributed by atoms with Gasteiger partial charge < -0.3 is 0 Å². The van der Waals surface area contributed by atoms with Crippen LogP contribution >= 0.6 is 0 Å². The van der Waals surface area contributed by atoms with Gasteiger partial charge in [0.25, 0.3) is 0 Å². The van der Waals surface area contributed by atoms with Crippen molar-refractivity contribution in [1.82, 2.24) is 0 Å². The number of hydrogen-bond acceptors (Lipinski definition) is 0. The molecular formula is C14H16. The Morgan fingerprint density at radius 3 is 2.71 bits per heavy atom. The first-order chi connectivity index (χ1) is 6.86. The van der Waals surface area contributed by atoms with E-state index in [2.05, 4.69) is 55.5 Å². The fraction of sp³-hybridized carbons (Fsp3) is 0.286. The molecule has 1 aromatic rings. The maximum atomic E-state index is 2.33. The van der Waals surface area contributed by atoms with Gasteiger partial charge >= 0.3 is 0 Å². The summed E-state index contributed by atoms with van der Waals surface area (Å²) in [6.07, 6.45) is 9.43. The van der Waals surface area contributed by atoms with Gasteiger partial charge in [0.05, 0.1) is 0 Å². The molecule has 1 aromatic carbocycles. The molecule has 0 aromatic heterocycles. The first kappa shape index (κ1) is 9.26. The third-order valence-electron chi connectivity index (χ3n) is 2.79. The molecule has 0 N–H and O–H groups in total. The monoisotopic (exact) mass is 184 g/mol. The van der Waals surface area contributed by atoms with Gasteiger partial charge in [0.15, 0.2) is 0 Å². The van der Waals surface area contributed by atoms with E-state index in [1.165, 1.54) is 24.0 Å². The van der Waals surface area contributed by atoms with E-state index in [9.17, 15) is 0 Å². The van der Waals surface area contributed by atoms with Crippen molar-refractivity contribution in [1.29, 1.82) is 0 Å². The fourth-order valence-electron chi connectivity index (χ4n) is 1.93. The number of allylic oxidation sites excluding steroid dienone is 3. The van der Waals surface area contributed by atoms with Crippen molar-refractivity contribution in [3.63, 3.8) is 0 Å². The molecule has 0 heteroatoms. The average molecular weight is 184 g/mol. The molecule has 0 nitrogen and oxygen atoms in total. The van der Waals surface area contributed by atoms with Crippen molar-refractivity contribution in [2.24, 2.45) is 5.92 Å². The standard InChI is InChI=1S/C14H16/c1-12(14-9-5-6-10-14)11-13-7-3-2-4-8-13/h2-5,7-9,11,14H,6,10H2,1H3/b12-11+. The van der Waals surface area contributed by atoms with Crippen LogP contribution in [0.25, 0.3) is 6.08 Å². The normalized spacial score (nSPS) is 21.5. The topological polar surface area (TPSA) is 0 Å². The maximum Gasteiger partial charge on any atom is -0.00198 e. The van der Waals surface area contributed by atoms with E-state index in [1.54, 1.807) is 0 Å². The summed E-state index contributed by atoms with van der Waals surface area (Å²) in [5, 5.41) is 0. The van der Waals surface area contributed by atoms with E-state index >= 15 is 0 Å². The van der Waals surface area contributed by atoms with Gasteiger partial charge in [0.2, 0.25) is 0 Å². The second-order valence-electron chi connectivity index (χ2n) is 3.91. The summed E-state index contributed by atoms with van der Waals surface area (Å²) in [6.45, 7) is 2.23. The highest BCUT2D eigenvalue weighted by Gasteiger charge is 2.10. The van der Waals surface area contributed by atoms with E-state index in [1.807, 2.05) is 0 Å². The Morgan fingerprint density at radius 2 is 2.07 bits per heavy atom. The van der Waals surface area contributed by atoms with Gasteiger partial charge in [-0.3, -0.25) is 0 Å². The van der Waals surface area contributed by atoms with Crippen molar-refractivity contribution in [2.45, 2.75) is 19.8 Å². The fourth-order valence-corrected chi connectivity index (χ4v) is 1.93. The summed E-state index contributed by atoms with van der Waals surface area (Å²) in [5.74, 6) is 0.676. The zero-order valence-electron chi connectivity index (χ0n) is 8.61. The van der Waals surface area contributed by atoms with Crippen LogP contribution in [0.2, 0.25) is 0 Å². The Hall–Kier alpha value is -1.30. The highest BCUT2D eigenvalue weighted by molar-refractivity contribution is 5.53. The lowest BCUT2D eigenvalue weighted by atomic mass is 9.98. The molecule has 0 saturated carbocycles. The predicted molar refractivity (Wildman–Crippen MR) is 62.0 cm³/mol. The van der Waals surface area contributed by atoms with Crippen LogP contribution in [0.4, 0.5) is 0 Å². The lowest BCUT2D eigenvalue weighted by Crippen LogP contribution is -1.92. The summed E-state index contributed by atoms with van der Waals surface area (Å²) < 4.78 is 0. The molecular weight excluding hydrogens is 168 g/mol. The SMILES string of the molecule is C/C(=C\c1ccccc1)C1C=CCC1. The molecule has 72 valence electrons. The summed E-state index contributed by atoms with van der Waals surface area (Å²) in [5.41, 5.74) is 2.79. The minimum Gasteiger partial charge on any atom is -0.0879 e. The summed E-state index contributed by atoms with van der Waals surface area (Å²) in [4.78, 5) is 0. The number of benzene rings is 1. The smallest absolute Gasteiger partial charge is 0.00198 e. The molecule has 0 aliphatic heterocycles. The Kier molecular flexibility index (Phi) is 2.83. The third-order valence-corrected chi connectivity index (χ3v) is 2.79. The molecule has 0 bridgehead atoms. The van der Waals surface area contributed by atoms with E-state index in [4.69, 9.17) is 0 Å². The molecule has 1 atom stereocenters. The summed E-state index contributed by atoms with van der Waals surface area (Å²) >= 11 is 0. The van der Waals surface area contributed by atoms with Crippen LogP contribution < -0.4 is 0 Å². The van der Waals surface area contributed by atoms with Gasteiger partial charge in [-0.25, -0.2) is 0 Å². The van der Waals surface area contributed by atoms with Gasteiger partial charge in [-0.2, -0.15) is 0 Å². The minimum atomic E-state index is 0.676. The Balaban J connectivity index is 2.14. The second kappa shape index (κ2) is 4.28. The zero-order chi connectivity index (χ0) is 9.80. The lowest BCUT2D eigenvalue weighted by Gasteiger charge is -2.07. The Bertz CT molecular complexity index is 344. The Morgan fingerprint density at radius 1 is 1.29 bits per heavy atom. The van der Waals surface area contributed by atoms with Crippen molar-refractivity contribution in [3.05, 3.63) is 53.6 Å². The number of hydrogen-bond donors (Lipinski definition) is 0. The summed E-state index contributed by atoms with van der Waals surface area (Å²) in [7, 11) is 0. The molecule has 14 heavy (non-hydrogen) atoms. The second-order valence-corrected chi connectivity index (χ2v) is 3.91.